The minimum Gasteiger partial charge on any atom is -0.330 e. The Hall–Kier alpha value is -3.25. The molecule has 1 aliphatic rings. The number of imide groups is 1. The van der Waals surface area contributed by atoms with E-state index >= 15 is 0 Å². The normalized spacial score (nSPS) is 14.0. The Labute approximate surface area is 174 Å². The van der Waals surface area contributed by atoms with Crippen molar-refractivity contribution in [2.45, 2.75) is 23.9 Å². The molecule has 12 heteroatoms. The molecule has 0 atom stereocenters. The summed E-state index contributed by atoms with van der Waals surface area (Å²) in [5.41, 5.74) is -0.928. The molecule has 31 heavy (non-hydrogen) atoms. The van der Waals surface area contributed by atoms with Crippen LogP contribution in [0.5, 0.6) is 0 Å². The van der Waals surface area contributed by atoms with Crippen LogP contribution in [0.2, 0.25) is 0 Å². The van der Waals surface area contributed by atoms with Gasteiger partial charge in [-0.3, -0.25) is 9.59 Å². The smallest absolute Gasteiger partial charge is 0.330 e. The monoisotopic (exact) mass is 456 g/mol. The third-order valence-electron chi connectivity index (χ3n) is 4.27. The predicted molar refractivity (Wildman–Crippen MR) is 98.9 cm³/mol. The van der Waals surface area contributed by atoms with E-state index in [1.807, 2.05) is 0 Å². The van der Waals surface area contributed by atoms with E-state index in [1.165, 1.54) is 12.1 Å². The Morgan fingerprint density at radius 1 is 1.00 bits per heavy atom. The van der Waals surface area contributed by atoms with Gasteiger partial charge < -0.3 is 4.84 Å². The molecule has 2 amide bonds. The van der Waals surface area contributed by atoms with Crippen LogP contribution >= 0.6 is 0 Å². The van der Waals surface area contributed by atoms with E-state index < -0.39 is 44.4 Å². The van der Waals surface area contributed by atoms with E-state index in [2.05, 4.69) is 4.72 Å². The number of hydroxylamine groups is 2. The van der Waals surface area contributed by atoms with Gasteiger partial charge in [0.1, 0.15) is 0 Å². The van der Waals surface area contributed by atoms with Gasteiger partial charge in [0.15, 0.2) is 0 Å². The molecule has 0 radical (unpaired) electrons. The van der Waals surface area contributed by atoms with Crippen LogP contribution in [0.1, 0.15) is 39.1 Å². The molecular weight excluding hydrogens is 441 g/mol. The third-order valence-corrected chi connectivity index (χ3v) is 5.73. The van der Waals surface area contributed by atoms with Crippen molar-refractivity contribution in [1.82, 2.24) is 9.79 Å². The van der Waals surface area contributed by atoms with Gasteiger partial charge in [-0.05, 0) is 36.8 Å². The van der Waals surface area contributed by atoms with Crippen molar-refractivity contribution < 1.29 is 40.8 Å². The summed E-state index contributed by atoms with van der Waals surface area (Å²) in [4.78, 5) is 40.4. The zero-order chi connectivity index (χ0) is 22.8. The lowest BCUT2D eigenvalue weighted by Crippen LogP contribution is -2.33. The van der Waals surface area contributed by atoms with Gasteiger partial charge in [-0.25, -0.2) is 17.9 Å². The van der Waals surface area contributed by atoms with Gasteiger partial charge in [-0.15, -0.1) is 0 Å². The highest BCUT2D eigenvalue weighted by atomic mass is 32.2. The molecule has 0 saturated carbocycles. The second-order valence-corrected chi connectivity index (χ2v) is 8.21. The summed E-state index contributed by atoms with van der Waals surface area (Å²) < 4.78 is 64.6. The summed E-state index contributed by atoms with van der Waals surface area (Å²) in [5.74, 6) is -2.54. The summed E-state index contributed by atoms with van der Waals surface area (Å²) in [7, 11) is -4.24. The Bertz CT molecular complexity index is 1110. The second-order valence-electron chi connectivity index (χ2n) is 6.44. The lowest BCUT2D eigenvalue weighted by atomic mass is 10.1. The van der Waals surface area contributed by atoms with Gasteiger partial charge in [-0.2, -0.15) is 13.2 Å². The number of carbonyl (C=O) groups is 3. The molecule has 2 aromatic carbocycles. The molecule has 0 fully saturated rings. The molecule has 0 saturated heterocycles. The standard InChI is InChI=1S/C19H15F3N2O6S/c20-19(21,22)12-5-3-6-13(11-12)31(28,29)23-10-4-9-16(25)30-24-17(26)14-7-1-2-8-15(14)18(24)27/h1-3,5-8,11,23H,4,9-10H2. The lowest BCUT2D eigenvalue weighted by molar-refractivity contribution is -0.168. The summed E-state index contributed by atoms with van der Waals surface area (Å²) >= 11 is 0. The molecule has 0 bridgehead atoms. The molecule has 0 unspecified atom stereocenters. The number of carbonyl (C=O) groups excluding carboxylic acids is 3. The van der Waals surface area contributed by atoms with E-state index in [-0.39, 0.29) is 30.5 Å². The number of hydrogen-bond donors (Lipinski definition) is 1. The number of alkyl halides is 3. The average molecular weight is 456 g/mol. The Balaban J connectivity index is 1.51. The van der Waals surface area contributed by atoms with Crippen molar-refractivity contribution in [3.63, 3.8) is 0 Å². The van der Waals surface area contributed by atoms with Gasteiger partial charge >= 0.3 is 12.1 Å². The Morgan fingerprint density at radius 3 is 2.19 bits per heavy atom. The first-order chi connectivity index (χ1) is 14.5. The van der Waals surface area contributed by atoms with E-state index in [1.54, 1.807) is 12.1 Å². The highest BCUT2D eigenvalue weighted by Gasteiger charge is 2.38. The summed E-state index contributed by atoms with van der Waals surface area (Å²) in [6.45, 7) is -0.282. The summed E-state index contributed by atoms with van der Waals surface area (Å²) in [6, 6.07) is 9.13. The van der Waals surface area contributed by atoms with Gasteiger partial charge in [-0.1, -0.05) is 23.3 Å². The molecule has 0 spiro atoms. The van der Waals surface area contributed by atoms with Crippen molar-refractivity contribution in [3.8, 4) is 0 Å². The molecule has 1 heterocycles. The van der Waals surface area contributed by atoms with E-state index in [9.17, 15) is 36.0 Å². The summed E-state index contributed by atoms with van der Waals surface area (Å²) in [5, 5.41) is 0.333. The zero-order valence-electron chi connectivity index (χ0n) is 15.7. The van der Waals surface area contributed by atoms with Crippen molar-refractivity contribution in [3.05, 3.63) is 65.2 Å². The molecule has 164 valence electrons. The number of nitrogens with one attached hydrogen (secondary N) is 1. The van der Waals surface area contributed by atoms with Gasteiger partial charge in [0.05, 0.1) is 21.6 Å². The highest BCUT2D eigenvalue weighted by Crippen LogP contribution is 2.30. The molecule has 1 aliphatic heterocycles. The SMILES string of the molecule is O=C(CCCNS(=O)(=O)c1cccc(C(F)(F)F)c1)ON1C(=O)c2ccccc2C1=O. The third kappa shape index (κ3) is 4.91. The number of amides is 2. The van der Waals surface area contributed by atoms with Crippen LogP contribution < -0.4 is 4.72 Å². The number of halogens is 3. The minimum absolute atomic E-state index is 0.0831. The van der Waals surface area contributed by atoms with E-state index in [0.29, 0.717) is 11.1 Å². The van der Waals surface area contributed by atoms with Crippen molar-refractivity contribution >= 4 is 27.8 Å². The fourth-order valence-corrected chi connectivity index (χ4v) is 3.88. The molecule has 1 N–H and O–H groups in total. The zero-order valence-corrected chi connectivity index (χ0v) is 16.5. The predicted octanol–water partition coefficient (Wildman–Crippen LogP) is 2.52. The first-order valence-corrected chi connectivity index (χ1v) is 10.3. The number of sulfonamides is 1. The topological polar surface area (TPSA) is 110 Å². The fraction of sp³-hybridized carbons (Fsp3) is 0.211. The molecular formula is C19H15F3N2O6S. The fourth-order valence-electron chi connectivity index (χ4n) is 2.76. The molecule has 0 aliphatic carbocycles. The number of nitrogens with zero attached hydrogens (tertiary/aromatic N) is 1. The van der Waals surface area contributed by atoms with Crippen LogP contribution in [-0.2, 0) is 25.8 Å². The van der Waals surface area contributed by atoms with Crippen molar-refractivity contribution in [1.29, 1.82) is 0 Å². The molecule has 8 nitrogen and oxygen atoms in total. The molecule has 3 rings (SSSR count). The van der Waals surface area contributed by atoms with Crippen LogP contribution in [0.25, 0.3) is 0 Å². The maximum Gasteiger partial charge on any atom is 0.416 e. The van der Waals surface area contributed by atoms with Gasteiger partial charge in [0.25, 0.3) is 11.8 Å². The number of benzene rings is 2. The Kier molecular flexibility index (Phi) is 6.13. The Morgan fingerprint density at radius 2 is 1.61 bits per heavy atom. The highest BCUT2D eigenvalue weighted by molar-refractivity contribution is 7.89. The first kappa shape index (κ1) is 22.4. The maximum absolute atomic E-state index is 12.7. The number of fused-ring (bicyclic) bond motifs is 1. The van der Waals surface area contributed by atoms with Crippen molar-refractivity contribution in [2.75, 3.05) is 6.54 Å². The van der Waals surface area contributed by atoms with Crippen LogP contribution in [-0.4, -0.2) is 37.8 Å². The number of rotatable bonds is 7. The number of hydrogen-bond acceptors (Lipinski definition) is 6. The maximum atomic E-state index is 12.7. The quantitative estimate of drug-likeness (QED) is 0.507. The first-order valence-electron chi connectivity index (χ1n) is 8.86. The van der Waals surface area contributed by atoms with Gasteiger partial charge in [0.2, 0.25) is 10.0 Å². The van der Waals surface area contributed by atoms with E-state index in [4.69, 9.17) is 4.84 Å². The average Bonchev–Trinajstić information content (AvgIpc) is 2.96. The largest absolute Gasteiger partial charge is 0.416 e. The second kappa shape index (κ2) is 8.47. The van der Waals surface area contributed by atoms with Crippen molar-refractivity contribution in [2.24, 2.45) is 0 Å². The van der Waals surface area contributed by atoms with Crippen LogP contribution in [0.4, 0.5) is 13.2 Å². The van der Waals surface area contributed by atoms with Crippen LogP contribution in [0, 0.1) is 0 Å². The summed E-state index contributed by atoms with van der Waals surface area (Å²) in [6.07, 6.45) is -5.13. The van der Waals surface area contributed by atoms with Crippen LogP contribution in [0.3, 0.4) is 0 Å². The van der Waals surface area contributed by atoms with Gasteiger partial charge in [0, 0.05) is 13.0 Å². The lowest BCUT2D eigenvalue weighted by Gasteiger charge is -2.13. The van der Waals surface area contributed by atoms with Crippen LogP contribution in [0.15, 0.2) is 53.4 Å². The molecule has 2 aromatic rings. The van der Waals surface area contributed by atoms with E-state index in [0.717, 1.165) is 18.2 Å². The molecule has 0 aromatic heterocycles. The minimum atomic E-state index is -4.70.